The van der Waals surface area contributed by atoms with Crippen LogP contribution in [-0.2, 0) is 13.9 Å². The summed E-state index contributed by atoms with van der Waals surface area (Å²) in [6.45, 7) is 11.9. The van der Waals surface area contributed by atoms with Crippen molar-refractivity contribution in [3.05, 3.63) is 72.8 Å². The van der Waals surface area contributed by atoms with Crippen molar-refractivity contribution in [2.75, 3.05) is 13.2 Å². The second-order valence-electron chi connectivity index (χ2n) is 10.9. The fraction of sp³-hybridized carbons (Fsp3) is 0.500. The van der Waals surface area contributed by atoms with E-state index in [1.54, 1.807) is 0 Å². The van der Waals surface area contributed by atoms with Gasteiger partial charge >= 0.3 is 0 Å². The van der Waals surface area contributed by atoms with Crippen LogP contribution >= 0.6 is 0 Å². The van der Waals surface area contributed by atoms with Crippen molar-refractivity contribution in [1.29, 1.82) is 0 Å². The Morgan fingerprint density at radius 1 is 0.970 bits per heavy atom. The van der Waals surface area contributed by atoms with E-state index in [1.807, 2.05) is 31.2 Å². The Bertz CT molecular complexity index is 915. The summed E-state index contributed by atoms with van der Waals surface area (Å²) in [5, 5.41) is 13.5. The molecule has 0 saturated carbocycles. The highest BCUT2D eigenvalue weighted by Crippen LogP contribution is 2.41. The van der Waals surface area contributed by atoms with Crippen LogP contribution in [0.15, 0.2) is 72.8 Å². The van der Waals surface area contributed by atoms with Crippen LogP contribution < -0.4 is 10.4 Å². The number of aliphatic hydroxyl groups excluding tert-OH is 1. The first kappa shape index (κ1) is 24.4. The minimum Gasteiger partial charge on any atom is -0.404 e. The van der Waals surface area contributed by atoms with E-state index in [1.165, 1.54) is 10.4 Å². The predicted octanol–water partition coefficient (Wildman–Crippen LogP) is 4.21. The zero-order chi connectivity index (χ0) is 23.7. The Balaban J connectivity index is 1.75. The molecule has 178 valence electrons. The first-order valence-electron chi connectivity index (χ1n) is 12.0. The number of hydrogen-bond donors (Lipinski definition) is 1. The van der Waals surface area contributed by atoms with Crippen LogP contribution in [0.2, 0.25) is 5.04 Å². The Morgan fingerprint density at radius 2 is 1.55 bits per heavy atom. The summed E-state index contributed by atoms with van der Waals surface area (Å²) in [7, 11) is -2.74. The van der Waals surface area contributed by atoms with Crippen LogP contribution in [0.5, 0.6) is 0 Å². The zero-order valence-corrected chi connectivity index (χ0v) is 21.6. The lowest BCUT2D eigenvalue weighted by Crippen LogP contribution is -2.68. The van der Waals surface area contributed by atoms with Gasteiger partial charge in [0.05, 0.1) is 12.2 Å². The van der Waals surface area contributed by atoms with Crippen LogP contribution in [0.1, 0.15) is 47.5 Å². The minimum atomic E-state index is -2.74. The molecule has 33 heavy (non-hydrogen) atoms. The molecule has 2 aromatic carbocycles. The zero-order valence-electron chi connectivity index (χ0n) is 20.6. The number of fused-ring (bicyclic) bond motifs is 1. The van der Waals surface area contributed by atoms with Crippen molar-refractivity contribution in [3.63, 3.8) is 0 Å². The van der Waals surface area contributed by atoms with Crippen LogP contribution in [-0.4, -0.2) is 50.0 Å². The average molecular weight is 467 g/mol. The third-order valence-electron chi connectivity index (χ3n) is 7.27. The van der Waals surface area contributed by atoms with Crippen molar-refractivity contribution < 1.29 is 19.0 Å². The summed E-state index contributed by atoms with van der Waals surface area (Å²) in [6.07, 6.45) is 4.69. The SMILES string of the molecule is CC(C)(C)[Si](OC[C@@]1(C)O[C@@]2(C)CCCO[C@@H]2C=C[C@H]1O)(c1ccccc1)c1ccccc1. The fourth-order valence-electron chi connectivity index (χ4n) is 5.45. The molecule has 2 aromatic rings. The van der Waals surface area contributed by atoms with Gasteiger partial charge in [-0.1, -0.05) is 93.6 Å². The molecule has 5 heteroatoms. The normalized spacial score (nSPS) is 30.5. The van der Waals surface area contributed by atoms with E-state index < -0.39 is 25.6 Å². The van der Waals surface area contributed by atoms with Gasteiger partial charge in [0.15, 0.2) is 0 Å². The molecule has 0 radical (unpaired) electrons. The monoisotopic (exact) mass is 466 g/mol. The molecule has 2 aliphatic rings. The van der Waals surface area contributed by atoms with Crippen LogP contribution in [0, 0.1) is 0 Å². The maximum Gasteiger partial charge on any atom is 0.261 e. The standard InChI is InChI=1S/C28H38O4Si/c1-26(2,3)33(22-13-8-6-9-14-22,23-15-10-7-11-16-23)31-21-28(5)24(29)17-18-25-27(4,32-28)19-12-20-30-25/h6-11,13-18,24-25,29H,12,19-21H2,1-5H3/t24-,25-,27+,28-/m1/s1. The molecule has 1 fully saturated rings. The van der Waals surface area contributed by atoms with Gasteiger partial charge in [0.1, 0.15) is 17.8 Å². The van der Waals surface area contributed by atoms with E-state index in [2.05, 4.69) is 76.2 Å². The van der Waals surface area contributed by atoms with E-state index in [-0.39, 0.29) is 17.7 Å². The maximum atomic E-state index is 11.2. The number of aliphatic hydroxyl groups is 1. The summed E-state index contributed by atoms with van der Waals surface area (Å²) in [4.78, 5) is 0. The van der Waals surface area contributed by atoms with Gasteiger partial charge in [-0.15, -0.1) is 0 Å². The van der Waals surface area contributed by atoms with E-state index in [9.17, 15) is 5.11 Å². The van der Waals surface area contributed by atoms with Crippen molar-refractivity contribution in [3.8, 4) is 0 Å². The Kier molecular flexibility index (Phi) is 6.73. The molecule has 2 heterocycles. The lowest BCUT2D eigenvalue weighted by atomic mass is 9.90. The van der Waals surface area contributed by atoms with Gasteiger partial charge in [0, 0.05) is 6.61 Å². The first-order valence-corrected chi connectivity index (χ1v) is 13.9. The van der Waals surface area contributed by atoms with Gasteiger partial charge in [0.2, 0.25) is 0 Å². The summed E-state index contributed by atoms with van der Waals surface area (Å²) < 4.78 is 19.9. The Hall–Kier alpha value is -1.76. The minimum absolute atomic E-state index is 0.141. The molecule has 0 unspecified atom stereocenters. The molecule has 4 atom stereocenters. The Morgan fingerprint density at radius 3 is 2.09 bits per heavy atom. The quantitative estimate of drug-likeness (QED) is 0.530. The maximum absolute atomic E-state index is 11.2. The summed E-state index contributed by atoms with van der Waals surface area (Å²) in [5.41, 5.74) is -1.39. The van der Waals surface area contributed by atoms with Gasteiger partial charge in [-0.3, -0.25) is 0 Å². The van der Waals surface area contributed by atoms with Crippen LogP contribution in [0.3, 0.4) is 0 Å². The van der Waals surface area contributed by atoms with E-state index in [0.29, 0.717) is 0 Å². The third kappa shape index (κ3) is 4.49. The van der Waals surface area contributed by atoms with Crippen molar-refractivity contribution in [1.82, 2.24) is 0 Å². The van der Waals surface area contributed by atoms with E-state index >= 15 is 0 Å². The lowest BCUT2D eigenvalue weighted by molar-refractivity contribution is -0.231. The molecular formula is C28H38O4Si. The smallest absolute Gasteiger partial charge is 0.261 e. The lowest BCUT2D eigenvalue weighted by Gasteiger charge is -2.48. The average Bonchev–Trinajstić information content (AvgIpc) is 2.88. The highest BCUT2D eigenvalue weighted by Gasteiger charge is 2.53. The van der Waals surface area contributed by atoms with Gasteiger partial charge in [0.25, 0.3) is 8.32 Å². The van der Waals surface area contributed by atoms with Crippen LogP contribution in [0.4, 0.5) is 0 Å². The molecule has 1 N–H and O–H groups in total. The largest absolute Gasteiger partial charge is 0.404 e. The van der Waals surface area contributed by atoms with E-state index in [0.717, 1.165) is 19.4 Å². The highest BCUT2D eigenvalue weighted by atomic mass is 28.4. The summed E-state index contributed by atoms with van der Waals surface area (Å²) in [5.74, 6) is 0. The molecule has 4 nitrogen and oxygen atoms in total. The van der Waals surface area contributed by atoms with Gasteiger partial charge < -0.3 is 19.0 Å². The molecule has 1 saturated heterocycles. The molecule has 0 bridgehead atoms. The molecule has 0 spiro atoms. The van der Waals surface area contributed by atoms with Crippen molar-refractivity contribution in [2.24, 2.45) is 0 Å². The second kappa shape index (κ2) is 9.12. The molecule has 0 amide bonds. The number of benzene rings is 2. The highest BCUT2D eigenvalue weighted by molar-refractivity contribution is 6.99. The summed E-state index contributed by atoms with van der Waals surface area (Å²) >= 11 is 0. The molecular weight excluding hydrogens is 428 g/mol. The Labute approximate surface area is 199 Å². The molecule has 0 aliphatic carbocycles. The van der Waals surface area contributed by atoms with Gasteiger partial charge in [-0.05, 0) is 42.1 Å². The number of hydrogen-bond acceptors (Lipinski definition) is 4. The first-order chi connectivity index (χ1) is 15.6. The molecule has 2 aliphatic heterocycles. The van der Waals surface area contributed by atoms with Gasteiger partial charge in [-0.2, -0.15) is 0 Å². The van der Waals surface area contributed by atoms with Gasteiger partial charge in [-0.25, -0.2) is 0 Å². The van der Waals surface area contributed by atoms with E-state index in [4.69, 9.17) is 13.9 Å². The topological polar surface area (TPSA) is 47.9 Å². The van der Waals surface area contributed by atoms with Crippen molar-refractivity contribution >= 4 is 18.7 Å². The fourth-order valence-corrected chi connectivity index (χ4v) is 10.1. The number of rotatable bonds is 5. The summed E-state index contributed by atoms with van der Waals surface area (Å²) in [6, 6.07) is 21.2. The second-order valence-corrected chi connectivity index (χ2v) is 15.2. The third-order valence-corrected chi connectivity index (χ3v) is 12.3. The molecule has 4 rings (SSSR count). The number of ether oxygens (including phenoxy) is 2. The molecule has 0 aromatic heterocycles. The van der Waals surface area contributed by atoms with Crippen LogP contribution in [0.25, 0.3) is 0 Å². The van der Waals surface area contributed by atoms with Crippen molar-refractivity contribution in [2.45, 2.75) is 75.9 Å². The predicted molar refractivity (Wildman–Crippen MR) is 136 cm³/mol.